The molecular weight excluding hydrogens is 156 g/mol. The van der Waals surface area contributed by atoms with Gasteiger partial charge in [0.05, 0.1) is 0 Å². The molecule has 0 amide bonds. The van der Waals surface area contributed by atoms with Crippen molar-refractivity contribution >= 4 is 5.97 Å². The highest BCUT2D eigenvalue weighted by atomic mass is 16.4. The molecular formula is C8H8N2O2. The Morgan fingerprint density at radius 1 is 1.75 bits per heavy atom. The predicted molar refractivity (Wildman–Crippen MR) is 41.5 cm³/mol. The lowest BCUT2D eigenvalue weighted by molar-refractivity contribution is -0.139. The van der Waals surface area contributed by atoms with Gasteiger partial charge in [0.2, 0.25) is 0 Å². The first-order chi connectivity index (χ1) is 5.79. The van der Waals surface area contributed by atoms with E-state index in [0.717, 1.165) is 11.1 Å². The van der Waals surface area contributed by atoms with Crippen molar-refractivity contribution in [3.8, 4) is 0 Å². The molecule has 12 heavy (non-hydrogen) atoms. The second-order valence-electron chi connectivity index (χ2n) is 2.73. The van der Waals surface area contributed by atoms with Gasteiger partial charge in [0.1, 0.15) is 6.04 Å². The van der Waals surface area contributed by atoms with Gasteiger partial charge in [-0.05, 0) is 17.2 Å². The lowest BCUT2D eigenvalue weighted by atomic mass is 10.1. The van der Waals surface area contributed by atoms with E-state index < -0.39 is 12.0 Å². The van der Waals surface area contributed by atoms with Crippen LogP contribution < -0.4 is 5.32 Å². The molecule has 1 unspecified atom stereocenters. The molecule has 0 saturated carbocycles. The van der Waals surface area contributed by atoms with Crippen LogP contribution in [0.15, 0.2) is 18.5 Å². The summed E-state index contributed by atoms with van der Waals surface area (Å²) in [5.41, 5.74) is 1.81. The van der Waals surface area contributed by atoms with Crippen molar-refractivity contribution in [3.63, 3.8) is 0 Å². The molecule has 0 bridgehead atoms. The summed E-state index contributed by atoms with van der Waals surface area (Å²) in [7, 11) is 0. The number of carbonyl (C=O) groups is 1. The molecule has 1 aromatic rings. The summed E-state index contributed by atoms with van der Waals surface area (Å²) in [5.74, 6) is -0.833. The second kappa shape index (κ2) is 2.57. The molecule has 2 heterocycles. The fourth-order valence-electron chi connectivity index (χ4n) is 1.41. The first-order valence-electron chi connectivity index (χ1n) is 3.68. The van der Waals surface area contributed by atoms with Gasteiger partial charge in [-0.1, -0.05) is 0 Å². The molecule has 1 aliphatic heterocycles. The zero-order chi connectivity index (χ0) is 8.55. The van der Waals surface area contributed by atoms with Gasteiger partial charge in [-0.2, -0.15) is 0 Å². The molecule has 2 N–H and O–H groups in total. The molecule has 4 nitrogen and oxygen atoms in total. The molecule has 1 atom stereocenters. The molecule has 0 saturated heterocycles. The summed E-state index contributed by atoms with van der Waals surface area (Å²) in [5, 5.41) is 11.7. The zero-order valence-corrected chi connectivity index (χ0v) is 6.32. The van der Waals surface area contributed by atoms with Gasteiger partial charge in [-0.3, -0.25) is 15.1 Å². The number of hydrogen-bond donors (Lipinski definition) is 2. The van der Waals surface area contributed by atoms with Gasteiger partial charge in [0.15, 0.2) is 0 Å². The van der Waals surface area contributed by atoms with E-state index in [1.54, 1.807) is 18.5 Å². The summed E-state index contributed by atoms with van der Waals surface area (Å²) in [6.07, 6.45) is 3.31. The summed E-state index contributed by atoms with van der Waals surface area (Å²) in [4.78, 5) is 14.6. The number of carboxylic acids is 1. The lowest BCUT2D eigenvalue weighted by Gasteiger charge is -2.03. The van der Waals surface area contributed by atoms with Crippen molar-refractivity contribution in [2.45, 2.75) is 12.6 Å². The van der Waals surface area contributed by atoms with Gasteiger partial charge in [0, 0.05) is 18.9 Å². The van der Waals surface area contributed by atoms with Crippen LogP contribution in [0.5, 0.6) is 0 Å². The monoisotopic (exact) mass is 164 g/mol. The van der Waals surface area contributed by atoms with Crippen LogP contribution in [-0.4, -0.2) is 16.1 Å². The van der Waals surface area contributed by atoms with Crippen molar-refractivity contribution < 1.29 is 9.90 Å². The summed E-state index contributed by atoms with van der Waals surface area (Å²) in [6, 6.07) is 1.19. The van der Waals surface area contributed by atoms with Crippen molar-refractivity contribution in [1.82, 2.24) is 10.3 Å². The summed E-state index contributed by atoms with van der Waals surface area (Å²) in [6.45, 7) is 0.597. The fraction of sp³-hybridized carbons (Fsp3) is 0.250. The Morgan fingerprint density at radius 3 is 3.33 bits per heavy atom. The maximum Gasteiger partial charge on any atom is 0.325 e. The molecule has 0 aliphatic carbocycles. The molecule has 4 heteroatoms. The molecule has 0 spiro atoms. The Hall–Kier alpha value is -1.42. The van der Waals surface area contributed by atoms with Crippen LogP contribution in [0.2, 0.25) is 0 Å². The van der Waals surface area contributed by atoms with Crippen LogP contribution >= 0.6 is 0 Å². The molecule has 0 radical (unpaired) electrons. The standard InChI is InChI=1S/C8H8N2O2/c11-8(12)7-6-1-2-9-3-5(6)4-10-7/h1-3,7,10H,4H2,(H,11,12). The van der Waals surface area contributed by atoms with Crippen molar-refractivity contribution in [2.75, 3.05) is 0 Å². The third kappa shape index (κ3) is 0.967. The van der Waals surface area contributed by atoms with Crippen LogP contribution in [0.1, 0.15) is 17.2 Å². The van der Waals surface area contributed by atoms with E-state index >= 15 is 0 Å². The van der Waals surface area contributed by atoms with E-state index in [2.05, 4.69) is 10.3 Å². The minimum Gasteiger partial charge on any atom is -0.480 e. The first-order valence-corrected chi connectivity index (χ1v) is 3.68. The third-order valence-electron chi connectivity index (χ3n) is 2.00. The number of fused-ring (bicyclic) bond motifs is 1. The average Bonchev–Trinajstić information content (AvgIpc) is 2.47. The normalized spacial score (nSPS) is 20.5. The van der Waals surface area contributed by atoms with Crippen molar-refractivity contribution in [2.24, 2.45) is 0 Å². The highest BCUT2D eigenvalue weighted by molar-refractivity contribution is 5.77. The molecule has 62 valence electrons. The summed E-state index contributed by atoms with van der Waals surface area (Å²) >= 11 is 0. The van der Waals surface area contributed by atoms with Crippen molar-refractivity contribution in [3.05, 3.63) is 29.6 Å². The molecule has 1 aliphatic rings. The Labute approximate surface area is 69.2 Å². The van der Waals surface area contributed by atoms with Crippen LogP contribution in [0, 0.1) is 0 Å². The lowest BCUT2D eigenvalue weighted by Crippen LogP contribution is -2.21. The maximum atomic E-state index is 10.7. The predicted octanol–water partition coefficient (Wildman–Crippen LogP) is 0.310. The van der Waals surface area contributed by atoms with E-state index in [0.29, 0.717) is 6.54 Å². The van der Waals surface area contributed by atoms with Gasteiger partial charge in [-0.25, -0.2) is 0 Å². The van der Waals surface area contributed by atoms with Crippen molar-refractivity contribution in [1.29, 1.82) is 0 Å². The minimum atomic E-state index is -0.833. The third-order valence-corrected chi connectivity index (χ3v) is 2.00. The second-order valence-corrected chi connectivity index (χ2v) is 2.73. The molecule has 0 fully saturated rings. The zero-order valence-electron chi connectivity index (χ0n) is 6.32. The van der Waals surface area contributed by atoms with E-state index in [1.165, 1.54) is 0 Å². The fourth-order valence-corrected chi connectivity index (χ4v) is 1.41. The highest BCUT2D eigenvalue weighted by Gasteiger charge is 2.27. The highest BCUT2D eigenvalue weighted by Crippen LogP contribution is 2.23. The van der Waals surface area contributed by atoms with E-state index in [4.69, 9.17) is 5.11 Å². The quantitative estimate of drug-likeness (QED) is 0.627. The number of pyridine rings is 1. The number of hydrogen-bond acceptors (Lipinski definition) is 3. The Balaban J connectivity index is 2.42. The smallest absolute Gasteiger partial charge is 0.325 e. The number of nitrogens with one attached hydrogen (secondary N) is 1. The van der Waals surface area contributed by atoms with Crippen LogP contribution in [0.25, 0.3) is 0 Å². The van der Waals surface area contributed by atoms with Crippen LogP contribution in [-0.2, 0) is 11.3 Å². The Bertz CT molecular complexity index is 325. The number of aromatic nitrogens is 1. The van der Waals surface area contributed by atoms with Crippen LogP contribution in [0.3, 0.4) is 0 Å². The van der Waals surface area contributed by atoms with E-state index in [9.17, 15) is 4.79 Å². The summed E-state index contributed by atoms with van der Waals surface area (Å²) < 4.78 is 0. The average molecular weight is 164 g/mol. The number of aliphatic carboxylic acids is 1. The minimum absolute atomic E-state index is 0.553. The Kier molecular flexibility index (Phi) is 1.55. The topological polar surface area (TPSA) is 62.2 Å². The van der Waals surface area contributed by atoms with Gasteiger partial charge in [0.25, 0.3) is 0 Å². The molecule has 0 aromatic carbocycles. The number of carboxylic acid groups (broad SMARTS) is 1. The molecule has 1 aromatic heterocycles. The number of rotatable bonds is 1. The van der Waals surface area contributed by atoms with Gasteiger partial charge in [-0.15, -0.1) is 0 Å². The molecule has 2 rings (SSSR count). The Morgan fingerprint density at radius 2 is 2.58 bits per heavy atom. The van der Waals surface area contributed by atoms with Crippen LogP contribution in [0.4, 0.5) is 0 Å². The maximum absolute atomic E-state index is 10.7. The van der Waals surface area contributed by atoms with Gasteiger partial charge < -0.3 is 5.11 Å². The van der Waals surface area contributed by atoms with E-state index in [-0.39, 0.29) is 0 Å². The SMILES string of the molecule is O=C(O)C1NCc2cnccc21. The van der Waals surface area contributed by atoms with Gasteiger partial charge >= 0.3 is 5.97 Å². The number of nitrogens with zero attached hydrogens (tertiary/aromatic N) is 1. The van der Waals surface area contributed by atoms with E-state index in [1.807, 2.05) is 0 Å². The largest absolute Gasteiger partial charge is 0.480 e. The first kappa shape index (κ1) is 7.24.